The third-order valence-electron chi connectivity index (χ3n) is 4.09. The number of ether oxygens (including phenoxy) is 1. The summed E-state index contributed by atoms with van der Waals surface area (Å²) in [7, 11) is 0. The van der Waals surface area contributed by atoms with Gasteiger partial charge in [0.05, 0.1) is 12.6 Å². The molecule has 2 atom stereocenters. The third kappa shape index (κ3) is 2.42. The summed E-state index contributed by atoms with van der Waals surface area (Å²) in [5, 5.41) is 1.56. The molecule has 1 aliphatic rings. The molecule has 0 aromatic heterocycles. The number of hydrogen-bond acceptors (Lipinski definition) is 3. The van der Waals surface area contributed by atoms with E-state index in [1.54, 1.807) is 6.07 Å². The van der Waals surface area contributed by atoms with Gasteiger partial charge in [-0.2, -0.15) is 0 Å². The van der Waals surface area contributed by atoms with Gasteiger partial charge < -0.3 is 4.74 Å². The van der Waals surface area contributed by atoms with E-state index in [0.29, 0.717) is 17.9 Å². The highest BCUT2D eigenvalue weighted by molar-refractivity contribution is 5.86. The van der Waals surface area contributed by atoms with Crippen LogP contribution in [0.3, 0.4) is 0 Å². The standard InChI is InChI=1S/C16H19FN2O/c17-15-8-7-14(12-5-1-2-6-13(12)15)16(19-18)11-4-3-9-20-10-11/h1-2,5-8,11,16,19H,3-4,9-10,18H2. The highest BCUT2D eigenvalue weighted by atomic mass is 19.1. The van der Waals surface area contributed by atoms with E-state index in [0.717, 1.165) is 30.4 Å². The molecule has 0 radical (unpaired) electrons. The summed E-state index contributed by atoms with van der Waals surface area (Å²) in [6.07, 6.45) is 2.11. The van der Waals surface area contributed by atoms with Crippen molar-refractivity contribution in [2.45, 2.75) is 18.9 Å². The van der Waals surface area contributed by atoms with Crippen LogP contribution < -0.4 is 11.3 Å². The summed E-state index contributed by atoms with van der Waals surface area (Å²) in [4.78, 5) is 0. The van der Waals surface area contributed by atoms with Crippen molar-refractivity contribution in [2.24, 2.45) is 11.8 Å². The van der Waals surface area contributed by atoms with Crippen molar-refractivity contribution in [3.8, 4) is 0 Å². The van der Waals surface area contributed by atoms with Gasteiger partial charge in [0.25, 0.3) is 0 Å². The molecule has 0 saturated carbocycles. The fourth-order valence-electron chi connectivity index (χ4n) is 3.07. The van der Waals surface area contributed by atoms with Gasteiger partial charge >= 0.3 is 0 Å². The fraction of sp³-hybridized carbons (Fsp3) is 0.375. The van der Waals surface area contributed by atoms with Crippen LogP contribution in [0.15, 0.2) is 36.4 Å². The van der Waals surface area contributed by atoms with Gasteiger partial charge in [-0.15, -0.1) is 0 Å². The molecular weight excluding hydrogens is 255 g/mol. The lowest BCUT2D eigenvalue weighted by molar-refractivity contribution is 0.0392. The van der Waals surface area contributed by atoms with Crippen LogP contribution in [0.5, 0.6) is 0 Å². The molecule has 4 heteroatoms. The van der Waals surface area contributed by atoms with Gasteiger partial charge in [0.2, 0.25) is 0 Å². The van der Waals surface area contributed by atoms with Crippen molar-refractivity contribution in [1.29, 1.82) is 0 Å². The Balaban J connectivity index is 2.05. The van der Waals surface area contributed by atoms with E-state index < -0.39 is 0 Å². The molecule has 2 aromatic rings. The molecule has 3 nitrogen and oxygen atoms in total. The molecule has 1 aliphatic heterocycles. The van der Waals surface area contributed by atoms with E-state index in [1.807, 2.05) is 24.3 Å². The highest BCUT2D eigenvalue weighted by Gasteiger charge is 2.26. The normalized spacial score (nSPS) is 21.0. The van der Waals surface area contributed by atoms with Gasteiger partial charge in [0.15, 0.2) is 0 Å². The van der Waals surface area contributed by atoms with Crippen LogP contribution in [0.4, 0.5) is 4.39 Å². The molecule has 0 spiro atoms. The monoisotopic (exact) mass is 274 g/mol. The molecular formula is C16H19FN2O. The van der Waals surface area contributed by atoms with Crippen LogP contribution in [-0.2, 0) is 4.74 Å². The highest BCUT2D eigenvalue weighted by Crippen LogP contribution is 2.33. The van der Waals surface area contributed by atoms with Crippen LogP contribution in [0.1, 0.15) is 24.4 Å². The molecule has 106 valence electrons. The first-order valence-corrected chi connectivity index (χ1v) is 7.02. The minimum atomic E-state index is -0.194. The first-order valence-electron chi connectivity index (χ1n) is 7.02. The Kier molecular flexibility index (Phi) is 3.96. The number of nitrogens with one attached hydrogen (secondary N) is 1. The zero-order valence-electron chi connectivity index (χ0n) is 11.3. The quantitative estimate of drug-likeness (QED) is 0.668. The lowest BCUT2D eigenvalue weighted by Gasteiger charge is -2.30. The minimum Gasteiger partial charge on any atom is -0.381 e. The largest absolute Gasteiger partial charge is 0.381 e. The Morgan fingerprint density at radius 2 is 2.00 bits per heavy atom. The SMILES string of the molecule is NNC(c1ccc(F)c2ccccc12)C1CCCOC1. The van der Waals surface area contributed by atoms with E-state index in [1.165, 1.54) is 6.07 Å². The maximum atomic E-state index is 13.9. The molecule has 0 bridgehead atoms. The zero-order chi connectivity index (χ0) is 13.9. The van der Waals surface area contributed by atoms with Crippen LogP contribution in [-0.4, -0.2) is 13.2 Å². The van der Waals surface area contributed by atoms with Crippen molar-refractivity contribution in [3.63, 3.8) is 0 Å². The maximum absolute atomic E-state index is 13.9. The van der Waals surface area contributed by atoms with E-state index in [4.69, 9.17) is 10.6 Å². The number of hydrazine groups is 1. The summed E-state index contributed by atoms with van der Waals surface area (Å²) in [6.45, 7) is 1.51. The second kappa shape index (κ2) is 5.87. The van der Waals surface area contributed by atoms with Gasteiger partial charge in [-0.3, -0.25) is 11.3 Å². The summed E-state index contributed by atoms with van der Waals surface area (Å²) < 4.78 is 19.5. The molecule has 0 aliphatic carbocycles. The number of fused-ring (bicyclic) bond motifs is 1. The molecule has 20 heavy (non-hydrogen) atoms. The summed E-state index contributed by atoms with van der Waals surface area (Å²) in [5.41, 5.74) is 3.94. The number of hydrogen-bond donors (Lipinski definition) is 2. The van der Waals surface area contributed by atoms with Crippen molar-refractivity contribution in [2.75, 3.05) is 13.2 Å². The number of nitrogens with two attached hydrogens (primary N) is 1. The van der Waals surface area contributed by atoms with Crippen molar-refractivity contribution >= 4 is 10.8 Å². The number of rotatable bonds is 3. The summed E-state index contributed by atoms with van der Waals surface area (Å²) in [6, 6.07) is 10.9. The fourth-order valence-corrected chi connectivity index (χ4v) is 3.07. The van der Waals surface area contributed by atoms with Gasteiger partial charge in [0, 0.05) is 17.9 Å². The predicted molar refractivity (Wildman–Crippen MR) is 77.5 cm³/mol. The van der Waals surface area contributed by atoms with Crippen molar-refractivity contribution in [1.82, 2.24) is 5.43 Å². The van der Waals surface area contributed by atoms with E-state index in [2.05, 4.69) is 5.43 Å². The molecule has 1 saturated heterocycles. The zero-order valence-corrected chi connectivity index (χ0v) is 11.3. The van der Waals surface area contributed by atoms with Crippen molar-refractivity contribution < 1.29 is 9.13 Å². The average molecular weight is 274 g/mol. The molecule has 2 unspecified atom stereocenters. The van der Waals surface area contributed by atoms with Gasteiger partial charge in [-0.05, 0) is 29.9 Å². The van der Waals surface area contributed by atoms with Crippen LogP contribution >= 0.6 is 0 Å². The first kappa shape index (κ1) is 13.5. The second-order valence-corrected chi connectivity index (χ2v) is 5.30. The molecule has 0 amide bonds. The Morgan fingerprint density at radius 3 is 2.70 bits per heavy atom. The summed E-state index contributed by atoms with van der Waals surface area (Å²) >= 11 is 0. The summed E-state index contributed by atoms with van der Waals surface area (Å²) in [5.74, 6) is 5.89. The van der Waals surface area contributed by atoms with E-state index in [9.17, 15) is 4.39 Å². The van der Waals surface area contributed by atoms with E-state index >= 15 is 0 Å². The number of benzene rings is 2. The van der Waals surface area contributed by atoms with Crippen molar-refractivity contribution in [3.05, 3.63) is 47.8 Å². The first-order chi connectivity index (χ1) is 9.81. The smallest absolute Gasteiger partial charge is 0.131 e. The second-order valence-electron chi connectivity index (χ2n) is 5.30. The van der Waals surface area contributed by atoms with Crippen LogP contribution in [0.25, 0.3) is 10.8 Å². The molecule has 2 aromatic carbocycles. The van der Waals surface area contributed by atoms with E-state index in [-0.39, 0.29) is 11.9 Å². The molecule has 3 N–H and O–H groups in total. The van der Waals surface area contributed by atoms with Crippen LogP contribution in [0.2, 0.25) is 0 Å². The molecule has 1 fully saturated rings. The Morgan fingerprint density at radius 1 is 1.20 bits per heavy atom. The average Bonchev–Trinajstić information content (AvgIpc) is 2.52. The lowest BCUT2D eigenvalue weighted by Crippen LogP contribution is -2.37. The van der Waals surface area contributed by atoms with Gasteiger partial charge in [-0.25, -0.2) is 4.39 Å². The Bertz CT molecular complexity index is 596. The van der Waals surface area contributed by atoms with Crippen LogP contribution in [0, 0.1) is 11.7 Å². The lowest BCUT2D eigenvalue weighted by atomic mass is 9.86. The minimum absolute atomic E-state index is 0.0131. The van der Waals surface area contributed by atoms with Gasteiger partial charge in [0.1, 0.15) is 5.82 Å². The Hall–Kier alpha value is -1.49. The third-order valence-corrected chi connectivity index (χ3v) is 4.09. The predicted octanol–water partition coefficient (Wildman–Crippen LogP) is 2.91. The molecule has 1 heterocycles. The number of halogens is 1. The Labute approximate surface area is 117 Å². The molecule has 3 rings (SSSR count). The van der Waals surface area contributed by atoms with Gasteiger partial charge in [-0.1, -0.05) is 30.3 Å². The maximum Gasteiger partial charge on any atom is 0.131 e. The topological polar surface area (TPSA) is 47.3 Å².